The first-order valence-corrected chi connectivity index (χ1v) is 10.6. The van der Waals surface area contributed by atoms with Crippen LogP contribution in [0.1, 0.15) is 103 Å². The summed E-state index contributed by atoms with van der Waals surface area (Å²) in [6.45, 7) is 9.36. The van der Waals surface area contributed by atoms with Crippen LogP contribution >= 0.6 is 0 Å². The zero-order valence-corrected chi connectivity index (χ0v) is 17.2. The first kappa shape index (κ1) is 20.3. The van der Waals surface area contributed by atoms with Crippen molar-refractivity contribution in [3.63, 3.8) is 0 Å². The van der Waals surface area contributed by atoms with Crippen LogP contribution in [0, 0.1) is 10.8 Å². The van der Waals surface area contributed by atoms with E-state index in [1.807, 2.05) is 0 Å². The van der Waals surface area contributed by atoms with Crippen molar-refractivity contribution in [3.05, 3.63) is 29.3 Å². The van der Waals surface area contributed by atoms with Crippen LogP contribution in [-0.2, 0) is 12.8 Å². The van der Waals surface area contributed by atoms with Crippen LogP contribution < -0.4 is 0 Å². The monoisotopic (exact) mass is 344 g/mol. The number of rotatable bonds is 11. The third-order valence-corrected chi connectivity index (χ3v) is 5.91. The summed E-state index contributed by atoms with van der Waals surface area (Å²) >= 11 is 0. The molecule has 0 heterocycles. The van der Waals surface area contributed by atoms with Crippen molar-refractivity contribution in [3.8, 4) is 5.75 Å². The molecule has 1 aromatic carbocycles. The molecule has 0 amide bonds. The number of unbranched alkanes of at least 4 members (excludes halogenated alkanes) is 4. The van der Waals surface area contributed by atoms with Crippen LogP contribution in [0.15, 0.2) is 18.2 Å². The second-order valence-electron chi connectivity index (χ2n) is 9.92. The highest BCUT2D eigenvalue weighted by Crippen LogP contribution is 2.49. The molecule has 0 saturated heterocycles. The summed E-state index contributed by atoms with van der Waals surface area (Å²) < 4.78 is 0. The average molecular weight is 345 g/mol. The van der Waals surface area contributed by atoms with Crippen molar-refractivity contribution in [2.24, 2.45) is 10.8 Å². The Morgan fingerprint density at radius 3 is 1.96 bits per heavy atom. The largest absolute Gasteiger partial charge is 0.507 e. The van der Waals surface area contributed by atoms with Gasteiger partial charge in [-0.05, 0) is 73.3 Å². The summed E-state index contributed by atoms with van der Waals surface area (Å²) in [5.41, 5.74) is 3.44. The Morgan fingerprint density at radius 1 is 0.880 bits per heavy atom. The third kappa shape index (κ3) is 7.84. The minimum absolute atomic E-state index is 0.443. The van der Waals surface area contributed by atoms with Crippen molar-refractivity contribution in [1.82, 2.24) is 0 Å². The Morgan fingerprint density at radius 2 is 1.44 bits per heavy atom. The number of phenolic OH excluding ortho intramolecular Hbond substituents is 1. The molecule has 1 N–H and O–H groups in total. The van der Waals surface area contributed by atoms with Crippen molar-refractivity contribution < 1.29 is 5.11 Å². The molecule has 1 fully saturated rings. The van der Waals surface area contributed by atoms with E-state index in [9.17, 15) is 5.11 Å². The van der Waals surface area contributed by atoms with E-state index in [2.05, 4.69) is 45.9 Å². The molecule has 1 aliphatic rings. The molecule has 0 unspecified atom stereocenters. The summed E-state index contributed by atoms with van der Waals surface area (Å²) in [5.74, 6) is 0.576. The molecule has 0 atom stereocenters. The van der Waals surface area contributed by atoms with E-state index in [-0.39, 0.29) is 0 Å². The van der Waals surface area contributed by atoms with Crippen molar-refractivity contribution >= 4 is 0 Å². The SMILES string of the molecule is CC(C)(C)CCCCCc1cccc(CCCCCC2(C)CC2)c1O. The van der Waals surface area contributed by atoms with Crippen LogP contribution in [0.5, 0.6) is 5.75 Å². The van der Waals surface area contributed by atoms with Crippen LogP contribution in [0.2, 0.25) is 0 Å². The molecule has 0 bridgehead atoms. The van der Waals surface area contributed by atoms with E-state index in [1.165, 1.54) is 64.2 Å². The minimum Gasteiger partial charge on any atom is -0.507 e. The summed E-state index contributed by atoms with van der Waals surface area (Å²) in [5, 5.41) is 10.6. The Kier molecular flexibility index (Phi) is 7.40. The Hall–Kier alpha value is -0.980. The maximum Gasteiger partial charge on any atom is 0.121 e. The van der Waals surface area contributed by atoms with Gasteiger partial charge in [-0.3, -0.25) is 0 Å². The second-order valence-corrected chi connectivity index (χ2v) is 9.92. The van der Waals surface area contributed by atoms with Gasteiger partial charge in [0.1, 0.15) is 5.75 Å². The van der Waals surface area contributed by atoms with E-state index in [4.69, 9.17) is 0 Å². The normalized spacial score (nSPS) is 16.2. The predicted molar refractivity (Wildman–Crippen MR) is 109 cm³/mol. The highest BCUT2D eigenvalue weighted by Gasteiger charge is 2.35. The van der Waals surface area contributed by atoms with E-state index < -0.39 is 0 Å². The predicted octanol–water partition coefficient (Wildman–Crippen LogP) is 7.44. The van der Waals surface area contributed by atoms with E-state index >= 15 is 0 Å². The fourth-order valence-corrected chi connectivity index (χ4v) is 3.70. The molecule has 142 valence electrons. The van der Waals surface area contributed by atoms with Gasteiger partial charge in [0.2, 0.25) is 0 Å². The quantitative estimate of drug-likeness (QED) is 0.413. The molecular weight excluding hydrogens is 304 g/mol. The van der Waals surface area contributed by atoms with Crippen LogP contribution in [0.4, 0.5) is 0 Å². The molecule has 0 spiro atoms. The number of phenols is 1. The van der Waals surface area contributed by atoms with Gasteiger partial charge in [-0.1, -0.05) is 71.6 Å². The van der Waals surface area contributed by atoms with Crippen molar-refractivity contribution in [1.29, 1.82) is 0 Å². The maximum atomic E-state index is 10.6. The first-order valence-electron chi connectivity index (χ1n) is 10.6. The molecule has 1 saturated carbocycles. The van der Waals surface area contributed by atoms with Crippen LogP contribution in [-0.4, -0.2) is 5.11 Å². The Balaban J connectivity index is 1.67. The number of para-hydroxylation sites is 1. The first-order chi connectivity index (χ1) is 11.8. The summed E-state index contributed by atoms with van der Waals surface area (Å²) in [6.07, 6.45) is 15.2. The smallest absolute Gasteiger partial charge is 0.121 e. The standard InChI is InChI=1S/C24H40O/c1-23(2,3)16-9-5-7-12-20-14-11-15-21(22(20)25)13-8-6-10-17-24(4)18-19-24/h11,14-15,25H,5-10,12-13,16-19H2,1-4H3. The van der Waals surface area contributed by atoms with Gasteiger partial charge < -0.3 is 5.11 Å². The maximum absolute atomic E-state index is 10.6. The second kappa shape index (κ2) is 9.10. The van der Waals surface area contributed by atoms with Gasteiger partial charge in [-0.2, -0.15) is 0 Å². The topological polar surface area (TPSA) is 20.2 Å². The van der Waals surface area contributed by atoms with E-state index in [1.54, 1.807) is 0 Å². The highest BCUT2D eigenvalue weighted by molar-refractivity contribution is 5.40. The molecule has 1 nitrogen and oxygen atoms in total. The summed E-state index contributed by atoms with van der Waals surface area (Å²) in [7, 11) is 0. The molecule has 1 heteroatoms. The summed E-state index contributed by atoms with van der Waals surface area (Å²) in [4.78, 5) is 0. The van der Waals surface area contributed by atoms with E-state index in [0.717, 1.165) is 24.0 Å². The molecule has 0 radical (unpaired) electrons. The third-order valence-electron chi connectivity index (χ3n) is 5.91. The fourth-order valence-electron chi connectivity index (χ4n) is 3.70. The van der Waals surface area contributed by atoms with E-state index in [0.29, 0.717) is 16.6 Å². The molecule has 0 aromatic heterocycles. The van der Waals surface area contributed by atoms with Crippen LogP contribution in [0.25, 0.3) is 0 Å². The van der Waals surface area contributed by atoms with Crippen molar-refractivity contribution in [2.45, 2.75) is 105 Å². The van der Waals surface area contributed by atoms with Gasteiger partial charge in [-0.15, -0.1) is 0 Å². The van der Waals surface area contributed by atoms with Gasteiger partial charge in [0, 0.05) is 0 Å². The Bertz CT molecular complexity index is 486. The lowest BCUT2D eigenvalue weighted by molar-refractivity contribution is 0.358. The van der Waals surface area contributed by atoms with Gasteiger partial charge in [-0.25, -0.2) is 0 Å². The van der Waals surface area contributed by atoms with Crippen LogP contribution in [0.3, 0.4) is 0 Å². The number of aromatic hydroxyl groups is 1. The lowest BCUT2D eigenvalue weighted by Crippen LogP contribution is -2.04. The molecule has 25 heavy (non-hydrogen) atoms. The molecule has 2 rings (SSSR count). The molecule has 0 aliphatic heterocycles. The van der Waals surface area contributed by atoms with Gasteiger partial charge in [0.25, 0.3) is 0 Å². The molecule has 1 aromatic rings. The number of benzene rings is 1. The van der Waals surface area contributed by atoms with Gasteiger partial charge >= 0.3 is 0 Å². The summed E-state index contributed by atoms with van der Waals surface area (Å²) in [6, 6.07) is 6.35. The van der Waals surface area contributed by atoms with Gasteiger partial charge in [0.15, 0.2) is 0 Å². The number of hydrogen-bond donors (Lipinski definition) is 1. The minimum atomic E-state index is 0.443. The average Bonchev–Trinajstić information content (AvgIpc) is 3.26. The van der Waals surface area contributed by atoms with Gasteiger partial charge in [0.05, 0.1) is 0 Å². The number of aryl methyl sites for hydroxylation is 2. The lowest BCUT2D eigenvalue weighted by Gasteiger charge is -2.17. The van der Waals surface area contributed by atoms with Crippen molar-refractivity contribution in [2.75, 3.05) is 0 Å². The lowest BCUT2D eigenvalue weighted by atomic mass is 9.89. The zero-order valence-electron chi connectivity index (χ0n) is 17.2. The molecule has 1 aliphatic carbocycles. The number of hydrogen-bond acceptors (Lipinski definition) is 1. The fraction of sp³-hybridized carbons (Fsp3) is 0.750. The Labute approximate surface area is 156 Å². The highest BCUT2D eigenvalue weighted by atomic mass is 16.3. The molecular formula is C24H40O. The zero-order chi connectivity index (χ0) is 18.3.